The Balaban J connectivity index is 1.37. The summed E-state index contributed by atoms with van der Waals surface area (Å²) in [6, 6.07) is 0. The zero-order chi connectivity index (χ0) is 21.3. The summed E-state index contributed by atoms with van der Waals surface area (Å²) in [5.74, 6) is 0.662. The fourth-order valence-corrected chi connectivity index (χ4v) is 4.74. The minimum Gasteiger partial charge on any atom is -0.382 e. The van der Waals surface area contributed by atoms with Crippen molar-refractivity contribution in [3.05, 3.63) is 22.7 Å². The van der Waals surface area contributed by atoms with E-state index in [9.17, 15) is 9.59 Å². The van der Waals surface area contributed by atoms with Gasteiger partial charge in [0, 0.05) is 31.6 Å². The molecule has 10 heteroatoms. The Hall–Kier alpha value is -2.55. The summed E-state index contributed by atoms with van der Waals surface area (Å²) in [6.45, 7) is 2.16. The van der Waals surface area contributed by atoms with Crippen LogP contribution in [0.1, 0.15) is 55.4 Å². The van der Waals surface area contributed by atoms with Crippen LogP contribution in [-0.4, -0.2) is 51.7 Å². The van der Waals surface area contributed by atoms with E-state index in [-0.39, 0.29) is 33.9 Å². The molecule has 1 saturated carbocycles. The molecule has 4 rings (SSSR count). The molecule has 3 heterocycles. The van der Waals surface area contributed by atoms with Crippen LogP contribution in [0, 0.1) is 5.92 Å². The average molecular weight is 434 g/mol. The highest BCUT2D eigenvalue weighted by Crippen LogP contribution is 2.30. The van der Waals surface area contributed by atoms with Gasteiger partial charge >= 0.3 is 0 Å². The fourth-order valence-electron chi connectivity index (χ4n) is 4.61. The lowest BCUT2D eigenvalue weighted by atomic mass is 9.85. The number of rotatable bonds is 3. The standard InChI is InChI=1S/C20H28ClN7O2/c21-16-18(23)26-17(22)15(25-16)13(29)10-14-24-11-20(27-14)6-8-28(9-7-20)19(30)12-4-2-1-3-5-12/h10,12,24,27H,1-9,11H2,(H4,22,23,26)/b14-10+. The molecule has 0 unspecified atom stereocenters. The zero-order valence-electron chi connectivity index (χ0n) is 16.9. The Labute approximate surface area is 180 Å². The summed E-state index contributed by atoms with van der Waals surface area (Å²) in [5, 5.41) is 6.63. The van der Waals surface area contributed by atoms with Crippen LogP contribution >= 0.6 is 11.6 Å². The minimum absolute atomic E-state index is 0.0102. The number of nitrogens with zero attached hydrogens (tertiary/aromatic N) is 3. The second kappa shape index (κ2) is 8.29. The molecule has 3 aliphatic rings. The number of nitrogens with one attached hydrogen (secondary N) is 2. The molecule has 30 heavy (non-hydrogen) atoms. The Morgan fingerprint density at radius 3 is 2.50 bits per heavy atom. The Morgan fingerprint density at radius 1 is 1.10 bits per heavy atom. The van der Waals surface area contributed by atoms with Crippen molar-refractivity contribution in [1.29, 1.82) is 0 Å². The van der Waals surface area contributed by atoms with Crippen LogP contribution in [0.5, 0.6) is 0 Å². The zero-order valence-corrected chi connectivity index (χ0v) is 17.7. The van der Waals surface area contributed by atoms with Gasteiger partial charge in [0.1, 0.15) is 5.82 Å². The van der Waals surface area contributed by atoms with E-state index in [0.29, 0.717) is 18.3 Å². The maximum Gasteiger partial charge on any atom is 0.225 e. The number of piperidine rings is 1. The first kappa shape index (κ1) is 20.7. The first-order chi connectivity index (χ1) is 14.4. The molecule has 0 radical (unpaired) electrons. The molecule has 162 valence electrons. The maximum absolute atomic E-state index is 12.8. The number of aromatic nitrogens is 2. The molecule has 1 aliphatic carbocycles. The van der Waals surface area contributed by atoms with E-state index in [2.05, 4.69) is 20.6 Å². The molecular formula is C20H28ClN7O2. The number of likely N-dealkylation sites (tertiary alicyclic amines) is 1. The van der Waals surface area contributed by atoms with Gasteiger partial charge in [0.15, 0.2) is 22.5 Å². The van der Waals surface area contributed by atoms with Crippen molar-refractivity contribution in [2.45, 2.75) is 50.5 Å². The lowest BCUT2D eigenvalue weighted by molar-refractivity contribution is -0.138. The molecule has 1 aromatic rings. The number of carbonyl (C=O) groups is 2. The van der Waals surface area contributed by atoms with E-state index in [1.807, 2.05) is 4.90 Å². The van der Waals surface area contributed by atoms with Crippen molar-refractivity contribution in [3.8, 4) is 0 Å². The summed E-state index contributed by atoms with van der Waals surface area (Å²) < 4.78 is 0. The highest BCUT2D eigenvalue weighted by Gasteiger charge is 2.41. The molecule has 2 saturated heterocycles. The lowest BCUT2D eigenvalue weighted by Crippen LogP contribution is -2.54. The number of hydrogen-bond acceptors (Lipinski definition) is 8. The lowest BCUT2D eigenvalue weighted by Gasteiger charge is -2.40. The van der Waals surface area contributed by atoms with E-state index in [4.69, 9.17) is 23.1 Å². The van der Waals surface area contributed by atoms with Gasteiger partial charge in [-0.2, -0.15) is 0 Å². The second-order valence-corrected chi connectivity index (χ2v) is 8.83. The van der Waals surface area contributed by atoms with Gasteiger partial charge in [-0.05, 0) is 25.7 Å². The highest BCUT2D eigenvalue weighted by molar-refractivity contribution is 6.31. The molecule has 1 amide bonds. The van der Waals surface area contributed by atoms with Crippen molar-refractivity contribution < 1.29 is 9.59 Å². The van der Waals surface area contributed by atoms with Gasteiger partial charge < -0.3 is 27.0 Å². The van der Waals surface area contributed by atoms with E-state index < -0.39 is 5.78 Å². The first-order valence-corrected chi connectivity index (χ1v) is 10.9. The predicted octanol–water partition coefficient (Wildman–Crippen LogP) is 1.45. The number of carbonyl (C=O) groups excluding carboxylic acids is 2. The van der Waals surface area contributed by atoms with Gasteiger partial charge in [0.25, 0.3) is 0 Å². The van der Waals surface area contributed by atoms with Crippen LogP contribution in [-0.2, 0) is 4.79 Å². The summed E-state index contributed by atoms with van der Waals surface area (Å²) >= 11 is 5.87. The number of ketones is 1. The number of nitrogens with two attached hydrogens (primary N) is 2. The Morgan fingerprint density at radius 2 is 1.80 bits per heavy atom. The summed E-state index contributed by atoms with van der Waals surface area (Å²) in [4.78, 5) is 35.2. The van der Waals surface area contributed by atoms with Crippen molar-refractivity contribution in [2.24, 2.45) is 5.92 Å². The highest BCUT2D eigenvalue weighted by atomic mass is 35.5. The third-order valence-electron chi connectivity index (χ3n) is 6.42. The topological polar surface area (TPSA) is 139 Å². The Kier molecular flexibility index (Phi) is 5.73. The number of nitrogen functional groups attached to an aromatic ring is 2. The van der Waals surface area contributed by atoms with E-state index >= 15 is 0 Å². The van der Waals surface area contributed by atoms with E-state index in [1.165, 1.54) is 12.5 Å². The first-order valence-electron chi connectivity index (χ1n) is 10.5. The largest absolute Gasteiger partial charge is 0.382 e. The van der Waals surface area contributed by atoms with Gasteiger partial charge in [0.05, 0.1) is 5.54 Å². The van der Waals surface area contributed by atoms with Gasteiger partial charge in [0.2, 0.25) is 11.7 Å². The third-order valence-corrected chi connectivity index (χ3v) is 6.70. The van der Waals surface area contributed by atoms with Gasteiger partial charge in [-0.1, -0.05) is 30.9 Å². The number of amides is 1. The van der Waals surface area contributed by atoms with Crippen LogP contribution in [0.25, 0.3) is 0 Å². The van der Waals surface area contributed by atoms with Crippen LogP contribution in [0.15, 0.2) is 11.9 Å². The van der Waals surface area contributed by atoms with Crippen LogP contribution in [0.4, 0.5) is 11.6 Å². The van der Waals surface area contributed by atoms with Crippen molar-refractivity contribution >= 4 is 34.9 Å². The van der Waals surface area contributed by atoms with E-state index in [0.717, 1.165) is 51.6 Å². The van der Waals surface area contributed by atoms with Crippen molar-refractivity contribution in [2.75, 3.05) is 31.1 Å². The van der Waals surface area contributed by atoms with Gasteiger partial charge in [-0.3, -0.25) is 9.59 Å². The summed E-state index contributed by atoms with van der Waals surface area (Å²) in [6.07, 6.45) is 8.70. The normalized spacial score (nSPS) is 22.7. The summed E-state index contributed by atoms with van der Waals surface area (Å²) in [5.41, 5.74) is 11.1. The molecule has 1 aromatic heterocycles. The fraction of sp³-hybridized carbons (Fsp3) is 0.600. The molecule has 9 nitrogen and oxygen atoms in total. The smallest absolute Gasteiger partial charge is 0.225 e. The van der Waals surface area contributed by atoms with Gasteiger partial charge in [-0.25, -0.2) is 9.97 Å². The molecule has 6 N–H and O–H groups in total. The SMILES string of the molecule is Nc1nc(N)c(C(=O)/C=C2\NCC3(CCN(C(=O)C4CCCCC4)CC3)N2)nc1Cl. The molecule has 0 bridgehead atoms. The number of hydrogen-bond donors (Lipinski definition) is 4. The molecule has 1 spiro atoms. The quantitative estimate of drug-likeness (QED) is 0.415. The maximum atomic E-state index is 12.8. The van der Waals surface area contributed by atoms with Crippen molar-refractivity contribution in [1.82, 2.24) is 25.5 Å². The molecule has 0 aromatic carbocycles. The monoisotopic (exact) mass is 433 g/mol. The number of halogens is 1. The minimum atomic E-state index is -0.404. The van der Waals surface area contributed by atoms with Crippen LogP contribution < -0.4 is 22.1 Å². The summed E-state index contributed by atoms with van der Waals surface area (Å²) in [7, 11) is 0. The second-order valence-electron chi connectivity index (χ2n) is 8.47. The molecule has 0 atom stereocenters. The molecular weight excluding hydrogens is 406 g/mol. The van der Waals surface area contributed by atoms with Crippen molar-refractivity contribution in [3.63, 3.8) is 0 Å². The predicted molar refractivity (Wildman–Crippen MR) is 115 cm³/mol. The molecule has 3 fully saturated rings. The van der Waals surface area contributed by atoms with Crippen LogP contribution in [0.2, 0.25) is 5.15 Å². The number of anilines is 2. The Bertz CT molecular complexity index is 874. The van der Waals surface area contributed by atoms with Crippen LogP contribution in [0.3, 0.4) is 0 Å². The van der Waals surface area contributed by atoms with Gasteiger partial charge in [-0.15, -0.1) is 0 Å². The number of allylic oxidation sites excluding steroid dienone is 1. The third kappa shape index (κ3) is 4.16. The average Bonchev–Trinajstić information content (AvgIpc) is 3.13. The van der Waals surface area contributed by atoms with E-state index in [1.54, 1.807) is 0 Å². The molecule has 2 aliphatic heterocycles.